The van der Waals surface area contributed by atoms with E-state index in [0.717, 1.165) is 21.5 Å². The van der Waals surface area contributed by atoms with Crippen LogP contribution in [0.4, 0.5) is 22.7 Å². The van der Waals surface area contributed by atoms with Gasteiger partial charge in [-0.15, -0.1) is 0 Å². The molecule has 0 unspecified atom stereocenters. The van der Waals surface area contributed by atoms with Crippen LogP contribution in [0.1, 0.15) is 12.8 Å². The van der Waals surface area contributed by atoms with E-state index in [9.17, 15) is 0 Å². The fraction of sp³-hybridized carbons (Fsp3) is 0.250. The van der Waals surface area contributed by atoms with E-state index in [2.05, 4.69) is 50.4 Å². The van der Waals surface area contributed by atoms with E-state index in [0.29, 0.717) is 0 Å². The van der Waals surface area contributed by atoms with Gasteiger partial charge < -0.3 is 16.0 Å². The number of rotatable bonds is 3. The summed E-state index contributed by atoms with van der Waals surface area (Å²) in [5.74, 6) is 0. The first-order valence-electron chi connectivity index (χ1n) is 6.89. The first-order chi connectivity index (χ1) is 9.72. The zero-order valence-corrected chi connectivity index (χ0v) is 12.9. The molecular formula is C16H18BrN3. The van der Waals surface area contributed by atoms with Crippen LogP contribution in [0.15, 0.2) is 46.9 Å². The van der Waals surface area contributed by atoms with E-state index in [-0.39, 0.29) is 0 Å². The maximum atomic E-state index is 5.75. The van der Waals surface area contributed by atoms with Crippen LogP contribution in [0.5, 0.6) is 0 Å². The predicted molar refractivity (Wildman–Crippen MR) is 89.7 cm³/mol. The smallest absolute Gasteiger partial charge is 0.0530 e. The lowest BCUT2D eigenvalue weighted by atomic mass is 10.2. The molecule has 0 spiro atoms. The second-order valence-electron chi connectivity index (χ2n) is 5.11. The Balaban J connectivity index is 1.74. The van der Waals surface area contributed by atoms with Crippen LogP contribution in [-0.2, 0) is 0 Å². The highest BCUT2D eigenvalue weighted by molar-refractivity contribution is 9.10. The van der Waals surface area contributed by atoms with Crippen molar-refractivity contribution in [2.45, 2.75) is 12.8 Å². The molecule has 20 heavy (non-hydrogen) atoms. The molecule has 1 fully saturated rings. The third-order valence-corrected chi connectivity index (χ3v) is 4.27. The Kier molecular flexibility index (Phi) is 3.83. The lowest BCUT2D eigenvalue weighted by Crippen LogP contribution is -2.17. The zero-order chi connectivity index (χ0) is 13.9. The average molecular weight is 332 g/mol. The van der Waals surface area contributed by atoms with Gasteiger partial charge in [0.1, 0.15) is 0 Å². The zero-order valence-electron chi connectivity index (χ0n) is 11.3. The van der Waals surface area contributed by atoms with E-state index in [1.807, 2.05) is 18.2 Å². The number of nitrogens with two attached hydrogens (primary N) is 1. The van der Waals surface area contributed by atoms with Gasteiger partial charge in [0.05, 0.1) is 5.69 Å². The summed E-state index contributed by atoms with van der Waals surface area (Å²) in [5.41, 5.74) is 9.92. The van der Waals surface area contributed by atoms with Crippen molar-refractivity contribution >= 4 is 38.7 Å². The van der Waals surface area contributed by atoms with Crippen molar-refractivity contribution in [3.8, 4) is 0 Å². The molecule has 0 aliphatic carbocycles. The molecule has 0 radical (unpaired) electrons. The Morgan fingerprint density at radius 2 is 1.70 bits per heavy atom. The van der Waals surface area contributed by atoms with Gasteiger partial charge in [-0.2, -0.15) is 0 Å². The van der Waals surface area contributed by atoms with Gasteiger partial charge in [-0.1, -0.05) is 0 Å². The van der Waals surface area contributed by atoms with Gasteiger partial charge in [0.25, 0.3) is 0 Å². The van der Waals surface area contributed by atoms with Crippen molar-refractivity contribution in [3.63, 3.8) is 0 Å². The fourth-order valence-electron chi connectivity index (χ4n) is 2.52. The molecule has 104 valence electrons. The van der Waals surface area contributed by atoms with Gasteiger partial charge in [0.15, 0.2) is 0 Å². The van der Waals surface area contributed by atoms with Gasteiger partial charge >= 0.3 is 0 Å². The second-order valence-corrected chi connectivity index (χ2v) is 5.96. The second kappa shape index (κ2) is 5.75. The van der Waals surface area contributed by atoms with E-state index < -0.39 is 0 Å². The van der Waals surface area contributed by atoms with Crippen molar-refractivity contribution in [2.24, 2.45) is 0 Å². The summed E-state index contributed by atoms with van der Waals surface area (Å²) in [6, 6.07) is 14.4. The molecule has 0 amide bonds. The SMILES string of the molecule is Nc1ccc(Nc2ccc(N3CCCC3)cc2)c(Br)c1. The third-order valence-electron chi connectivity index (χ3n) is 3.61. The van der Waals surface area contributed by atoms with Crippen molar-refractivity contribution in [1.29, 1.82) is 0 Å². The molecule has 0 aromatic heterocycles. The Hall–Kier alpha value is -1.68. The van der Waals surface area contributed by atoms with Crippen molar-refractivity contribution < 1.29 is 0 Å². The maximum Gasteiger partial charge on any atom is 0.0530 e. The number of hydrogen-bond donors (Lipinski definition) is 2. The van der Waals surface area contributed by atoms with Crippen LogP contribution in [0.25, 0.3) is 0 Å². The summed E-state index contributed by atoms with van der Waals surface area (Å²) in [6.07, 6.45) is 2.61. The van der Waals surface area contributed by atoms with Crippen LogP contribution < -0.4 is 16.0 Å². The Morgan fingerprint density at radius 1 is 1.00 bits per heavy atom. The molecule has 3 rings (SSSR count). The van der Waals surface area contributed by atoms with Crippen LogP contribution in [0.3, 0.4) is 0 Å². The molecule has 0 atom stereocenters. The first kappa shape index (κ1) is 13.3. The molecule has 1 heterocycles. The van der Waals surface area contributed by atoms with Gasteiger partial charge in [-0.25, -0.2) is 0 Å². The van der Waals surface area contributed by atoms with Crippen molar-refractivity contribution in [2.75, 3.05) is 29.0 Å². The number of nitrogen functional groups attached to an aromatic ring is 1. The van der Waals surface area contributed by atoms with Crippen LogP contribution in [0.2, 0.25) is 0 Å². The minimum atomic E-state index is 0.756. The highest BCUT2D eigenvalue weighted by Gasteiger charge is 2.11. The van der Waals surface area contributed by atoms with E-state index in [1.54, 1.807) is 0 Å². The van der Waals surface area contributed by atoms with E-state index in [4.69, 9.17) is 5.73 Å². The topological polar surface area (TPSA) is 41.3 Å². The monoisotopic (exact) mass is 331 g/mol. The van der Waals surface area contributed by atoms with Gasteiger partial charge in [-0.05, 0) is 71.2 Å². The molecule has 1 aliphatic rings. The number of nitrogens with one attached hydrogen (secondary N) is 1. The summed E-state index contributed by atoms with van der Waals surface area (Å²) in [7, 11) is 0. The van der Waals surface area contributed by atoms with Crippen LogP contribution in [0, 0.1) is 0 Å². The number of nitrogens with zero attached hydrogens (tertiary/aromatic N) is 1. The van der Waals surface area contributed by atoms with Crippen molar-refractivity contribution in [3.05, 3.63) is 46.9 Å². The Bertz CT molecular complexity index is 589. The highest BCUT2D eigenvalue weighted by Crippen LogP contribution is 2.29. The normalized spacial score (nSPS) is 14.6. The molecule has 1 aliphatic heterocycles. The molecule has 3 nitrogen and oxygen atoms in total. The summed E-state index contributed by atoms with van der Waals surface area (Å²) in [6.45, 7) is 2.35. The van der Waals surface area contributed by atoms with Crippen molar-refractivity contribution in [1.82, 2.24) is 0 Å². The molecule has 0 bridgehead atoms. The van der Waals surface area contributed by atoms with E-state index in [1.165, 1.54) is 31.6 Å². The minimum absolute atomic E-state index is 0.756. The predicted octanol–water partition coefficient (Wildman–Crippen LogP) is 4.38. The summed E-state index contributed by atoms with van der Waals surface area (Å²) < 4.78 is 0.973. The highest BCUT2D eigenvalue weighted by atomic mass is 79.9. The molecule has 1 saturated heterocycles. The first-order valence-corrected chi connectivity index (χ1v) is 7.69. The number of benzene rings is 2. The van der Waals surface area contributed by atoms with Crippen LogP contribution in [-0.4, -0.2) is 13.1 Å². The quantitative estimate of drug-likeness (QED) is 0.820. The Labute approximate surface area is 127 Å². The lowest BCUT2D eigenvalue weighted by molar-refractivity contribution is 0.949. The largest absolute Gasteiger partial charge is 0.399 e. The van der Waals surface area contributed by atoms with Crippen LogP contribution >= 0.6 is 15.9 Å². The number of anilines is 4. The summed E-state index contributed by atoms with van der Waals surface area (Å²) in [4.78, 5) is 2.43. The molecular weight excluding hydrogens is 314 g/mol. The van der Waals surface area contributed by atoms with Gasteiger partial charge in [0, 0.05) is 34.6 Å². The molecule has 3 N–H and O–H groups in total. The molecule has 0 saturated carbocycles. The molecule has 2 aromatic rings. The van der Waals surface area contributed by atoms with Gasteiger partial charge in [-0.3, -0.25) is 0 Å². The minimum Gasteiger partial charge on any atom is -0.399 e. The van der Waals surface area contributed by atoms with E-state index >= 15 is 0 Å². The standard InChI is InChI=1S/C16H18BrN3/c17-15-11-12(18)3-8-16(15)19-13-4-6-14(7-5-13)20-9-1-2-10-20/h3-8,11,19H,1-2,9-10,18H2. The number of halogens is 1. The fourth-order valence-corrected chi connectivity index (χ4v) is 3.01. The third kappa shape index (κ3) is 2.90. The molecule has 4 heteroatoms. The summed E-state index contributed by atoms with van der Waals surface area (Å²) in [5, 5.41) is 3.40. The average Bonchev–Trinajstić information content (AvgIpc) is 2.97. The Morgan fingerprint density at radius 3 is 2.35 bits per heavy atom. The van der Waals surface area contributed by atoms with Gasteiger partial charge in [0.2, 0.25) is 0 Å². The lowest BCUT2D eigenvalue weighted by Gasteiger charge is -2.18. The maximum absolute atomic E-state index is 5.75. The summed E-state index contributed by atoms with van der Waals surface area (Å²) >= 11 is 3.52. The number of hydrogen-bond acceptors (Lipinski definition) is 3. The molecule has 2 aromatic carbocycles.